The van der Waals surface area contributed by atoms with Crippen LogP contribution in [0.3, 0.4) is 0 Å². The van der Waals surface area contributed by atoms with Crippen LogP contribution >= 0.6 is 0 Å². The van der Waals surface area contributed by atoms with E-state index in [0.717, 1.165) is 18.1 Å². The van der Waals surface area contributed by atoms with Gasteiger partial charge in [0.1, 0.15) is 0 Å². The first-order chi connectivity index (χ1) is 8.36. The lowest BCUT2D eigenvalue weighted by Crippen LogP contribution is -2.52. The summed E-state index contributed by atoms with van der Waals surface area (Å²) in [5.74, 6) is 0. The molecule has 1 aliphatic carbocycles. The Morgan fingerprint density at radius 3 is 2.71 bits per heavy atom. The van der Waals surface area contributed by atoms with Crippen LogP contribution in [0.5, 0.6) is 0 Å². The molecule has 1 N–H and O–H groups in total. The van der Waals surface area contributed by atoms with Crippen molar-refractivity contribution in [3.05, 3.63) is 0 Å². The maximum atomic E-state index is 3.78. The standard InChI is InChI=1S/C15H30N2/c1-3-11-16-14-9-7-10-15(14)17-12-6-5-8-13(17)4-2/h13-16H,3-12H2,1-2H3. The first-order valence-electron chi connectivity index (χ1n) is 7.86. The normalized spacial score (nSPS) is 35.3. The van der Waals surface area contributed by atoms with Crippen molar-refractivity contribution in [2.75, 3.05) is 13.1 Å². The summed E-state index contributed by atoms with van der Waals surface area (Å²) in [4.78, 5) is 2.85. The highest BCUT2D eigenvalue weighted by molar-refractivity contribution is 4.93. The van der Waals surface area contributed by atoms with Crippen molar-refractivity contribution < 1.29 is 0 Å². The van der Waals surface area contributed by atoms with Crippen LogP contribution < -0.4 is 5.32 Å². The number of nitrogens with one attached hydrogen (secondary N) is 1. The fourth-order valence-corrected chi connectivity index (χ4v) is 3.80. The minimum absolute atomic E-state index is 0.780. The van der Waals surface area contributed by atoms with Gasteiger partial charge in [-0.2, -0.15) is 0 Å². The first-order valence-corrected chi connectivity index (χ1v) is 7.86. The van der Waals surface area contributed by atoms with Crippen LogP contribution in [-0.2, 0) is 0 Å². The Balaban J connectivity index is 1.93. The molecule has 1 heterocycles. The van der Waals surface area contributed by atoms with Crippen LogP contribution in [0.25, 0.3) is 0 Å². The summed E-state index contributed by atoms with van der Waals surface area (Å²) in [6.07, 6.45) is 11.2. The minimum Gasteiger partial charge on any atom is -0.312 e. The lowest BCUT2D eigenvalue weighted by atomic mass is 9.96. The Morgan fingerprint density at radius 2 is 1.94 bits per heavy atom. The summed E-state index contributed by atoms with van der Waals surface area (Å²) in [6.45, 7) is 7.19. The summed E-state index contributed by atoms with van der Waals surface area (Å²) in [5.41, 5.74) is 0. The fourth-order valence-electron chi connectivity index (χ4n) is 3.80. The molecule has 2 rings (SSSR count). The third-order valence-electron chi connectivity index (χ3n) is 4.71. The molecule has 3 unspecified atom stereocenters. The highest BCUT2D eigenvalue weighted by Gasteiger charge is 2.35. The Morgan fingerprint density at radius 1 is 1.06 bits per heavy atom. The fraction of sp³-hybridized carbons (Fsp3) is 1.00. The molecule has 2 nitrogen and oxygen atoms in total. The van der Waals surface area contributed by atoms with E-state index < -0.39 is 0 Å². The van der Waals surface area contributed by atoms with Crippen molar-refractivity contribution in [1.82, 2.24) is 10.2 Å². The quantitative estimate of drug-likeness (QED) is 0.791. The average Bonchev–Trinajstić information content (AvgIpc) is 2.84. The van der Waals surface area contributed by atoms with Gasteiger partial charge in [0.05, 0.1) is 0 Å². The molecule has 0 bridgehead atoms. The SMILES string of the molecule is CCCNC1CCCC1N1CCCCC1CC. The van der Waals surface area contributed by atoms with Gasteiger partial charge in [-0.1, -0.05) is 26.7 Å². The van der Waals surface area contributed by atoms with Gasteiger partial charge in [-0.15, -0.1) is 0 Å². The first kappa shape index (κ1) is 13.4. The number of hydrogen-bond acceptors (Lipinski definition) is 2. The van der Waals surface area contributed by atoms with Crippen LogP contribution in [0.2, 0.25) is 0 Å². The number of nitrogens with zero attached hydrogens (tertiary/aromatic N) is 1. The van der Waals surface area contributed by atoms with E-state index in [1.165, 1.54) is 64.5 Å². The summed E-state index contributed by atoms with van der Waals surface area (Å²) in [7, 11) is 0. The molecule has 0 radical (unpaired) electrons. The molecule has 0 spiro atoms. The third kappa shape index (κ3) is 3.23. The zero-order valence-corrected chi connectivity index (χ0v) is 11.8. The smallest absolute Gasteiger partial charge is 0.0252 e. The van der Waals surface area contributed by atoms with Gasteiger partial charge in [0, 0.05) is 18.1 Å². The molecule has 17 heavy (non-hydrogen) atoms. The van der Waals surface area contributed by atoms with Crippen molar-refractivity contribution >= 4 is 0 Å². The Kier molecular flexibility index (Phi) is 5.30. The number of likely N-dealkylation sites (tertiary alicyclic amines) is 1. The molecular formula is C15H30N2. The van der Waals surface area contributed by atoms with Crippen molar-refractivity contribution in [1.29, 1.82) is 0 Å². The number of piperidine rings is 1. The Hall–Kier alpha value is -0.0800. The van der Waals surface area contributed by atoms with Crippen LogP contribution in [0.1, 0.15) is 65.2 Å². The minimum atomic E-state index is 0.780. The Bertz CT molecular complexity index is 217. The molecule has 2 fully saturated rings. The summed E-state index contributed by atoms with van der Waals surface area (Å²) >= 11 is 0. The highest BCUT2D eigenvalue weighted by Crippen LogP contribution is 2.30. The molecule has 0 aromatic carbocycles. The monoisotopic (exact) mass is 238 g/mol. The van der Waals surface area contributed by atoms with Gasteiger partial charge in [0.25, 0.3) is 0 Å². The van der Waals surface area contributed by atoms with E-state index in [1.54, 1.807) is 0 Å². The van der Waals surface area contributed by atoms with Gasteiger partial charge >= 0.3 is 0 Å². The second kappa shape index (κ2) is 6.75. The molecule has 2 aliphatic rings. The molecule has 3 atom stereocenters. The molecule has 0 aromatic heterocycles. The molecule has 1 saturated carbocycles. The largest absolute Gasteiger partial charge is 0.312 e. The second-order valence-electron chi connectivity index (χ2n) is 5.85. The van der Waals surface area contributed by atoms with Crippen LogP contribution in [0.4, 0.5) is 0 Å². The molecule has 1 saturated heterocycles. The molecule has 100 valence electrons. The van der Waals surface area contributed by atoms with Crippen molar-refractivity contribution in [2.45, 2.75) is 83.3 Å². The van der Waals surface area contributed by atoms with Crippen LogP contribution in [0.15, 0.2) is 0 Å². The zero-order valence-electron chi connectivity index (χ0n) is 11.8. The predicted octanol–water partition coefficient (Wildman–Crippen LogP) is 3.17. The lowest BCUT2D eigenvalue weighted by Gasteiger charge is -2.42. The van der Waals surface area contributed by atoms with Crippen LogP contribution in [-0.4, -0.2) is 36.1 Å². The van der Waals surface area contributed by atoms with Crippen molar-refractivity contribution in [3.63, 3.8) is 0 Å². The van der Waals surface area contributed by atoms with Gasteiger partial charge < -0.3 is 5.32 Å². The maximum absolute atomic E-state index is 3.78. The van der Waals surface area contributed by atoms with Gasteiger partial charge in [0.2, 0.25) is 0 Å². The van der Waals surface area contributed by atoms with Crippen molar-refractivity contribution in [2.24, 2.45) is 0 Å². The third-order valence-corrected chi connectivity index (χ3v) is 4.71. The predicted molar refractivity (Wildman–Crippen MR) is 74.4 cm³/mol. The van der Waals surface area contributed by atoms with E-state index >= 15 is 0 Å². The highest BCUT2D eigenvalue weighted by atomic mass is 15.2. The van der Waals surface area contributed by atoms with Gasteiger partial charge in [-0.25, -0.2) is 0 Å². The Labute approximate surface area is 107 Å². The van der Waals surface area contributed by atoms with Crippen molar-refractivity contribution in [3.8, 4) is 0 Å². The molecule has 0 aromatic rings. The number of rotatable bonds is 5. The van der Waals surface area contributed by atoms with Gasteiger partial charge in [-0.05, 0) is 51.6 Å². The van der Waals surface area contributed by atoms with E-state index in [0.29, 0.717) is 0 Å². The molecule has 0 amide bonds. The van der Waals surface area contributed by atoms with Gasteiger partial charge in [0.15, 0.2) is 0 Å². The van der Waals surface area contributed by atoms with E-state index in [4.69, 9.17) is 0 Å². The van der Waals surface area contributed by atoms with Crippen LogP contribution in [0, 0.1) is 0 Å². The van der Waals surface area contributed by atoms with E-state index in [-0.39, 0.29) is 0 Å². The zero-order chi connectivity index (χ0) is 12.1. The number of hydrogen-bond donors (Lipinski definition) is 1. The summed E-state index contributed by atoms with van der Waals surface area (Å²) in [5, 5.41) is 3.78. The van der Waals surface area contributed by atoms with E-state index in [2.05, 4.69) is 24.1 Å². The summed E-state index contributed by atoms with van der Waals surface area (Å²) in [6, 6.07) is 2.49. The average molecular weight is 238 g/mol. The molecule has 2 heteroatoms. The molecule has 1 aliphatic heterocycles. The topological polar surface area (TPSA) is 15.3 Å². The maximum Gasteiger partial charge on any atom is 0.0252 e. The van der Waals surface area contributed by atoms with Gasteiger partial charge in [-0.3, -0.25) is 4.90 Å². The lowest BCUT2D eigenvalue weighted by molar-refractivity contribution is 0.0799. The summed E-state index contributed by atoms with van der Waals surface area (Å²) < 4.78 is 0. The van der Waals surface area contributed by atoms with E-state index in [9.17, 15) is 0 Å². The second-order valence-corrected chi connectivity index (χ2v) is 5.85. The van der Waals surface area contributed by atoms with E-state index in [1.807, 2.05) is 0 Å². The molecular weight excluding hydrogens is 208 g/mol.